The molecule has 2 heterocycles. The first-order valence-electron chi connectivity index (χ1n) is 6.65. The van der Waals surface area contributed by atoms with E-state index in [1.165, 1.54) is 6.07 Å². The lowest BCUT2D eigenvalue weighted by atomic mass is 10.2. The SMILES string of the molecule is CCCc1nn(C)c2c1[nH]c(=S)n2-c1cc(Br)ccc1F. The molecule has 1 aromatic carbocycles. The van der Waals surface area contributed by atoms with Gasteiger partial charge in [-0.2, -0.15) is 5.10 Å². The minimum absolute atomic E-state index is 0.326. The van der Waals surface area contributed by atoms with Gasteiger partial charge in [0.2, 0.25) is 0 Å². The van der Waals surface area contributed by atoms with Crippen molar-refractivity contribution in [1.82, 2.24) is 19.3 Å². The van der Waals surface area contributed by atoms with Crippen LogP contribution in [0.3, 0.4) is 0 Å². The van der Waals surface area contributed by atoms with Crippen molar-refractivity contribution in [1.29, 1.82) is 0 Å². The maximum atomic E-state index is 14.2. The predicted molar refractivity (Wildman–Crippen MR) is 86.9 cm³/mol. The molecule has 3 rings (SSSR count). The number of aromatic amines is 1. The van der Waals surface area contributed by atoms with Crippen LogP contribution in [0.15, 0.2) is 22.7 Å². The average molecular weight is 369 g/mol. The Kier molecular flexibility index (Phi) is 3.71. The van der Waals surface area contributed by atoms with E-state index in [1.807, 2.05) is 7.05 Å². The van der Waals surface area contributed by atoms with Gasteiger partial charge in [-0.3, -0.25) is 4.57 Å². The number of nitrogens with zero attached hydrogens (tertiary/aromatic N) is 3. The zero-order valence-electron chi connectivity index (χ0n) is 11.7. The van der Waals surface area contributed by atoms with Gasteiger partial charge < -0.3 is 4.98 Å². The second-order valence-corrected chi connectivity index (χ2v) is 6.18. The highest BCUT2D eigenvalue weighted by Gasteiger charge is 2.18. The third kappa shape index (κ3) is 2.34. The fraction of sp³-hybridized carbons (Fsp3) is 0.286. The third-order valence-corrected chi connectivity index (χ3v) is 4.15. The Morgan fingerprint density at radius 3 is 2.90 bits per heavy atom. The van der Waals surface area contributed by atoms with Crippen LogP contribution in [0, 0.1) is 10.6 Å². The fourth-order valence-electron chi connectivity index (χ4n) is 2.51. The van der Waals surface area contributed by atoms with Crippen LogP contribution in [0.25, 0.3) is 16.9 Å². The summed E-state index contributed by atoms with van der Waals surface area (Å²) in [5.41, 5.74) is 3.02. The summed E-state index contributed by atoms with van der Waals surface area (Å²) in [4.78, 5) is 3.16. The standard InChI is InChI=1S/C14H14BrFN4S/c1-3-4-10-12-13(19(2)18-10)20(14(21)17-12)11-7-8(15)5-6-9(11)16/h5-7H,3-4H2,1-2H3,(H,17,21). The number of fused-ring (bicyclic) bond motifs is 1. The predicted octanol–water partition coefficient (Wildman–Crippen LogP) is 4.28. The van der Waals surface area contributed by atoms with E-state index in [2.05, 4.69) is 32.9 Å². The number of aryl methyl sites for hydroxylation is 2. The van der Waals surface area contributed by atoms with Crippen LogP contribution in [0.4, 0.5) is 4.39 Å². The van der Waals surface area contributed by atoms with Crippen molar-refractivity contribution in [3.05, 3.63) is 39.0 Å². The second kappa shape index (κ2) is 5.38. The van der Waals surface area contributed by atoms with Crippen LogP contribution in [0.5, 0.6) is 0 Å². The van der Waals surface area contributed by atoms with Gasteiger partial charge in [-0.15, -0.1) is 0 Å². The van der Waals surface area contributed by atoms with Crippen molar-refractivity contribution in [2.45, 2.75) is 19.8 Å². The molecule has 1 N–H and O–H groups in total. The van der Waals surface area contributed by atoms with Crippen LogP contribution in [-0.2, 0) is 13.5 Å². The molecule has 0 aliphatic carbocycles. The molecule has 4 nitrogen and oxygen atoms in total. The Hall–Kier alpha value is -1.47. The van der Waals surface area contributed by atoms with E-state index in [4.69, 9.17) is 12.2 Å². The number of halogens is 2. The van der Waals surface area contributed by atoms with Crippen molar-refractivity contribution in [2.24, 2.45) is 7.05 Å². The summed E-state index contributed by atoms with van der Waals surface area (Å²) in [5, 5.41) is 4.50. The molecule has 0 fully saturated rings. The van der Waals surface area contributed by atoms with Gasteiger partial charge >= 0.3 is 0 Å². The Labute approximate surface area is 134 Å². The van der Waals surface area contributed by atoms with Gasteiger partial charge in [0.1, 0.15) is 11.3 Å². The molecule has 0 spiro atoms. The highest BCUT2D eigenvalue weighted by molar-refractivity contribution is 9.10. The molecule has 0 bridgehead atoms. The Morgan fingerprint density at radius 1 is 1.43 bits per heavy atom. The lowest BCUT2D eigenvalue weighted by molar-refractivity contribution is 0.616. The molecule has 0 aliphatic rings. The molecule has 0 unspecified atom stereocenters. The van der Waals surface area contributed by atoms with Gasteiger partial charge in [0.05, 0.1) is 11.4 Å². The number of hydrogen-bond acceptors (Lipinski definition) is 2. The molecular formula is C14H14BrFN4S. The molecule has 0 amide bonds. The zero-order valence-corrected chi connectivity index (χ0v) is 14.1. The van der Waals surface area contributed by atoms with Gasteiger partial charge in [-0.1, -0.05) is 29.3 Å². The molecule has 7 heteroatoms. The summed E-state index contributed by atoms with van der Waals surface area (Å²) in [5.74, 6) is -0.326. The van der Waals surface area contributed by atoms with E-state index < -0.39 is 0 Å². The molecule has 0 radical (unpaired) electrons. The van der Waals surface area contributed by atoms with Crippen molar-refractivity contribution >= 4 is 39.3 Å². The number of benzene rings is 1. The van der Waals surface area contributed by atoms with E-state index in [9.17, 15) is 4.39 Å². The van der Waals surface area contributed by atoms with E-state index in [0.29, 0.717) is 10.5 Å². The first kappa shape index (κ1) is 14.5. The van der Waals surface area contributed by atoms with Crippen molar-refractivity contribution in [2.75, 3.05) is 0 Å². The topological polar surface area (TPSA) is 38.5 Å². The number of imidazole rings is 1. The Bertz CT molecular complexity index is 877. The Balaban J connectivity index is 2.35. The minimum atomic E-state index is -0.326. The number of H-pyrrole nitrogens is 1. The lowest BCUT2D eigenvalue weighted by Crippen LogP contribution is -2.03. The van der Waals surface area contributed by atoms with Crippen LogP contribution in [0.2, 0.25) is 0 Å². The van der Waals surface area contributed by atoms with Gasteiger partial charge in [-0.05, 0) is 36.8 Å². The van der Waals surface area contributed by atoms with Crippen LogP contribution in [0.1, 0.15) is 19.0 Å². The molecule has 0 saturated carbocycles. The summed E-state index contributed by atoms with van der Waals surface area (Å²) >= 11 is 8.75. The van der Waals surface area contributed by atoms with E-state index >= 15 is 0 Å². The van der Waals surface area contributed by atoms with Gasteiger partial charge in [0.15, 0.2) is 10.4 Å². The monoisotopic (exact) mass is 368 g/mol. The largest absolute Gasteiger partial charge is 0.327 e. The number of aromatic nitrogens is 4. The molecule has 0 saturated heterocycles. The highest BCUT2D eigenvalue weighted by atomic mass is 79.9. The van der Waals surface area contributed by atoms with Crippen LogP contribution >= 0.6 is 28.1 Å². The summed E-state index contributed by atoms with van der Waals surface area (Å²) in [6.45, 7) is 2.10. The maximum absolute atomic E-state index is 14.2. The van der Waals surface area contributed by atoms with Crippen molar-refractivity contribution in [3.8, 4) is 5.69 Å². The third-order valence-electron chi connectivity index (χ3n) is 3.37. The normalized spacial score (nSPS) is 11.4. The smallest absolute Gasteiger partial charge is 0.184 e. The molecule has 0 aliphatic heterocycles. The fourth-order valence-corrected chi connectivity index (χ4v) is 3.14. The van der Waals surface area contributed by atoms with E-state index in [0.717, 1.165) is 34.2 Å². The first-order valence-corrected chi connectivity index (χ1v) is 7.85. The Morgan fingerprint density at radius 2 is 2.19 bits per heavy atom. The molecular weight excluding hydrogens is 355 g/mol. The number of hydrogen-bond donors (Lipinski definition) is 1. The zero-order chi connectivity index (χ0) is 15.1. The summed E-state index contributed by atoms with van der Waals surface area (Å²) < 4.78 is 18.9. The molecule has 2 aromatic heterocycles. The van der Waals surface area contributed by atoms with Gasteiger partial charge in [0, 0.05) is 11.5 Å². The van der Waals surface area contributed by atoms with Crippen LogP contribution in [-0.4, -0.2) is 19.3 Å². The van der Waals surface area contributed by atoms with E-state index in [-0.39, 0.29) is 5.82 Å². The molecule has 110 valence electrons. The summed E-state index contributed by atoms with van der Waals surface area (Å²) in [6.07, 6.45) is 1.84. The average Bonchev–Trinajstić information content (AvgIpc) is 2.91. The maximum Gasteiger partial charge on any atom is 0.184 e. The highest BCUT2D eigenvalue weighted by Crippen LogP contribution is 2.26. The van der Waals surface area contributed by atoms with E-state index in [1.54, 1.807) is 21.4 Å². The number of rotatable bonds is 3. The quantitative estimate of drug-likeness (QED) is 0.700. The number of nitrogens with one attached hydrogen (secondary N) is 1. The molecule has 0 atom stereocenters. The summed E-state index contributed by atoms with van der Waals surface area (Å²) in [6, 6.07) is 4.80. The summed E-state index contributed by atoms with van der Waals surface area (Å²) in [7, 11) is 1.84. The van der Waals surface area contributed by atoms with Crippen molar-refractivity contribution < 1.29 is 4.39 Å². The van der Waals surface area contributed by atoms with Crippen molar-refractivity contribution in [3.63, 3.8) is 0 Å². The molecule has 3 aromatic rings. The van der Waals surface area contributed by atoms with Gasteiger partial charge in [-0.25, -0.2) is 9.07 Å². The van der Waals surface area contributed by atoms with Gasteiger partial charge in [0.25, 0.3) is 0 Å². The van der Waals surface area contributed by atoms with Crippen LogP contribution < -0.4 is 0 Å². The lowest BCUT2D eigenvalue weighted by Gasteiger charge is -2.06. The molecule has 21 heavy (non-hydrogen) atoms. The first-order chi connectivity index (χ1) is 10.0. The second-order valence-electron chi connectivity index (χ2n) is 4.88. The minimum Gasteiger partial charge on any atom is -0.327 e.